The lowest BCUT2D eigenvalue weighted by Crippen LogP contribution is -2.30. The molecular weight excluding hydrogens is 729 g/mol. The predicted octanol–water partition coefficient (Wildman–Crippen LogP) is 13.1. The van der Waals surface area contributed by atoms with Crippen molar-refractivity contribution in [2.24, 2.45) is 0 Å². The molecule has 2 heterocycles. The van der Waals surface area contributed by atoms with Crippen LogP contribution < -0.4 is 0 Å². The van der Waals surface area contributed by atoms with Crippen molar-refractivity contribution in [2.45, 2.75) is 24.7 Å². The Kier molecular flexibility index (Phi) is 7.45. The molecule has 60 heavy (non-hydrogen) atoms. The Morgan fingerprint density at radius 1 is 0.350 bits per heavy atom. The van der Waals surface area contributed by atoms with E-state index in [1.54, 1.807) is 0 Å². The minimum Gasteiger partial charge on any atom is -0.236 e. The summed E-state index contributed by atoms with van der Waals surface area (Å²) in [6, 6.07) is 61.4. The summed E-state index contributed by atoms with van der Waals surface area (Å²) >= 11 is 0. The molecule has 3 aliphatic rings. The SMILES string of the molecule is CC1(C)c2ccccc2-c2cc3c(cc21)-c1ccccc1C31c2ccccc2C=Cc2ccc(-c3cc(-c4ccccc4)nc(-c4cnc(-c5ccccc5)nc4)n3)cc21. The van der Waals surface area contributed by atoms with Crippen LogP contribution in [0.4, 0.5) is 0 Å². The normalized spacial score (nSPS) is 16.0. The molecule has 0 N–H and O–H groups in total. The Morgan fingerprint density at radius 3 is 1.63 bits per heavy atom. The third-order valence-electron chi connectivity index (χ3n) is 13.0. The van der Waals surface area contributed by atoms with E-state index >= 15 is 0 Å². The molecule has 4 nitrogen and oxygen atoms in total. The summed E-state index contributed by atoms with van der Waals surface area (Å²) in [6.07, 6.45) is 8.26. The quantitative estimate of drug-likeness (QED) is 0.179. The molecule has 0 aliphatic heterocycles. The molecule has 7 aromatic carbocycles. The van der Waals surface area contributed by atoms with Crippen LogP contribution in [0.3, 0.4) is 0 Å². The van der Waals surface area contributed by atoms with Crippen molar-refractivity contribution >= 4 is 12.2 Å². The molecule has 4 heteroatoms. The van der Waals surface area contributed by atoms with E-state index < -0.39 is 5.41 Å². The van der Waals surface area contributed by atoms with Gasteiger partial charge in [-0.1, -0.05) is 172 Å². The zero-order valence-corrected chi connectivity index (χ0v) is 33.3. The van der Waals surface area contributed by atoms with Crippen LogP contribution >= 0.6 is 0 Å². The molecule has 1 unspecified atom stereocenters. The van der Waals surface area contributed by atoms with E-state index in [1.807, 2.05) is 48.8 Å². The maximum atomic E-state index is 5.30. The molecule has 0 radical (unpaired) electrons. The van der Waals surface area contributed by atoms with E-state index in [4.69, 9.17) is 19.9 Å². The van der Waals surface area contributed by atoms with E-state index in [0.29, 0.717) is 11.6 Å². The molecule has 1 spiro atoms. The van der Waals surface area contributed by atoms with Gasteiger partial charge in [-0.2, -0.15) is 0 Å². The minimum absolute atomic E-state index is 0.117. The topological polar surface area (TPSA) is 51.6 Å². The molecule has 0 fully saturated rings. The van der Waals surface area contributed by atoms with Gasteiger partial charge < -0.3 is 0 Å². The maximum absolute atomic E-state index is 5.30. The Hall–Kier alpha value is -7.56. The second-order valence-electron chi connectivity index (χ2n) is 16.6. The average molecular weight is 767 g/mol. The lowest BCUT2D eigenvalue weighted by molar-refractivity contribution is 0.660. The van der Waals surface area contributed by atoms with Crippen LogP contribution in [-0.2, 0) is 10.8 Å². The van der Waals surface area contributed by atoms with Crippen LogP contribution in [0.1, 0.15) is 58.4 Å². The fourth-order valence-electron chi connectivity index (χ4n) is 10.2. The number of benzene rings is 7. The molecular formula is C56H38N4. The van der Waals surface area contributed by atoms with Gasteiger partial charge in [0.05, 0.1) is 22.4 Å². The third kappa shape index (κ3) is 4.97. The first-order chi connectivity index (χ1) is 29.5. The lowest BCUT2D eigenvalue weighted by atomic mass is 9.65. The number of aromatic nitrogens is 4. The highest BCUT2D eigenvalue weighted by Crippen LogP contribution is 2.62. The summed E-state index contributed by atoms with van der Waals surface area (Å²) in [5, 5.41) is 0. The van der Waals surface area contributed by atoms with Crippen LogP contribution in [0.15, 0.2) is 182 Å². The van der Waals surface area contributed by atoms with Crippen LogP contribution in [-0.4, -0.2) is 19.9 Å². The molecule has 2 aromatic heterocycles. The van der Waals surface area contributed by atoms with E-state index in [0.717, 1.165) is 33.6 Å². The van der Waals surface area contributed by atoms with E-state index in [9.17, 15) is 0 Å². The Balaban J connectivity index is 1.11. The smallest absolute Gasteiger partial charge is 0.163 e. The van der Waals surface area contributed by atoms with Crippen molar-refractivity contribution in [3.63, 3.8) is 0 Å². The highest BCUT2D eigenvalue weighted by Gasteiger charge is 2.50. The average Bonchev–Trinajstić information content (AvgIpc) is 3.66. The third-order valence-corrected chi connectivity index (χ3v) is 13.0. The summed E-state index contributed by atoms with van der Waals surface area (Å²) in [4.78, 5) is 19.9. The Labute approximate surface area is 349 Å². The van der Waals surface area contributed by atoms with Crippen molar-refractivity contribution in [3.8, 4) is 67.5 Å². The summed E-state index contributed by atoms with van der Waals surface area (Å²) in [5.41, 5.74) is 20.2. The zero-order chi connectivity index (χ0) is 40.0. The standard InChI is InChI=1S/C56H38N4/c1-55(2)46-23-13-10-20-41(46)43-31-50-44(30-49(43)55)42-21-11-14-24-47(42)56(50)45-22-12-9-15-35(45)25-26-36-27-28-39(29-48(36)56)52-32-51(37-16-5-3-6-17-37)59-54(60-52)40-33-57-53(58-34-40)38-18-7-4-8-19-38/h3-34H,1-2H3. The van der Waals surface area contributed by atoms with Gasteiger partial charge in [-0.15, -0.1) is 0 Å². The first-order valence-corrected chi connectivity index (χ1v) is 20.6. The first kappa shape index (κ1) is 34.5. The van der Waals surface area contributed by atoms with Gasteiger partial charge in [-0.05, 0) is 91.0 Å². The van der Waals surface area contributed by atoms with Gasteiger partial charge in [-0.3, -0.25) is 0 Å². The number of hydrogen-bond acceptors (Lipinski definition) is 4. The van der Waals surface area contributed by atoms with Crippen LogP contribution in [0.5, 0.6) is 0 Å². The van der Waals surface area contributed by atoms with Crippen LogP contribution in [0.2, 0.25) is 0 Å². The van der Waals surface area contributed by atoms with Gasteiger partial charge in [0.2, 0.25) is 0 Å². The summed E-state index contributed by atoms with van der Waals surface area (Å²) < 4.78 is 0. The van der Waals surface area contributed by atoms with E-state index in [-0.39, 0.29) is 5.41 Å². The van der Waals surface area contributed by atoms with Crippen LogP contribution in [0.25, 0.3) is 79.7 Å². The van der Waals surface area contributed by atoms with Crippen molar-refractivity contribution in [1.29, 1.82) is 0 Å². The van der Waals surface area contributed by atoms with Crippen molar-refractivity contribution in [2.75, 3.05) is 0 Å². The van der Waals surface area contributed by atoms with Gasteiger partial charge in [0.1, 0.15) is 0 Å². The highest BCUT2D eigenvalue weighted by atomic mass is 14.9. The molecule has 1 atom stereocenters. The first-order valence-electron chi connectivity index (χ1n) is 20.6. The molecule has 0 bridgehead atoms. The Bertz CT molecular complexity index is 3220. The molecule has 9 aromatic rings. The molecule has 0 saturated heterocycles. The monoisotopic (exact) mass is 766 g/mol. The molecule has 3 aliphatic carbocycles. The summed E-state index contributed by atoms with van der Waals surface area (Å²) in [6.45, 7) is 4.74. The van der Waals surface area contributed by atoms with Crippen molar-refractivity contribution in [1.82, 2.24) is 19.9 Å². The second-order valence-corrected chi connectivity index (χ2v) is 16.6. The number of hydrogen-bond donors (Lipinski definition) is 0. The van der Waals surface area contributed by atoms with Gasteiger partial charge >= 0.3 is 0 Å². The fraction of sp³-hybridized carbons (Fsp3) is 0.0714. The van der Waals surface area contributed by atoms with E-state index in [1.165, 1.54) is 66.8 Å². The number of nitrogens with zero attached hydrogens (tertiary/aromatic N) is 4. The van der Waals surface area contributed by atoms with Gasteiger partial charge in [0.15, 0.2) is 11.6 Å². The van der Waals surface area contributed by atoms with Crippen molar-refractivity contribution in [3.05, 3.63) is 227 Å². The molecule has 0 amide bonds. The second kappa shape index (κ2) is 13.0. The highest BCUT2D eigenvalue weighted by molar-refractivity contribution is 5.95. The summed E-state index contributed by atoms with van der Waals surface area (Å²) in [7, 11) is 0. The number of rotatable bonds is 4. The predicted molar refractivity (Wildman–Crippen MR) is 243 cm³/mol. The van der Waals surface area contributed by atoms with Gasteiger partial charge in [0, 0.05) is 34.5 Å². The minimum atomic E-state index is -0.604. The lowest BCUT2D eigenvalue weighted by Gasteiger charge is -2.36. The zero-order valence-electron chi connectivity index (χ0n) is 33.3. The van der Waals surface area contributed by atoms with Crippen LogP contribution in [0, 0.1) is 0 Å². The molecule has 0 saturated carbocycles. The van der Waals surface area contributed by atoms with E-state index in [2.05, 4.69) is 159 Å². The molecule has 12 rings (SSSR count). The number of fused-ring (bicyclic) bond motifs is 12. The Morgan fingerprint density at radius 2 is 0.900 bits per heavy atom. The summed E-state index contributed by atoms with van der Waals surface area (Å²) in [5.74, 6) is 1.24. The van der Waals surface area contributed by atoms with Gasteiger partial charge in [0.25, 0.3) is 0 Å². The van der Waals surface area contributed by atoms with Gasteiger partial charge in [-0.25, -0.2) is 19.9 Å². The largest absolute Gasteiger partial charge is 0.236 e. The van der Waals surface area contributed by atoms with Crippen molar-refractivity contribution < 1.29 is 0 Å². The maximum Gasteiger partial charge on any atom is 0.163 e. The molecule has 282 valence electrons. The fourth-order valence-corrected chi connectivity index (χ4v) is 10.2.